The molecule has 0 aromatic heterocycles. The summed E-state index contributed by atoms with van der Waals surface area (Å²) in [6.07, 6.45) is 2.55. The number of rotatable bonds is 4. The zero-order valence-corrected chi connectivity index (χ0v) is 12.2. The van der Waals surface area contributed by atoms with Crippen molar-refractivity contribution in [3.8, 4) is 0 Å². The molecule has 1 aromatic rings. The van der Waals surface area contributed by atoms with Crippen molar-refractivity contribution in [1.29, 1.82) is 0 Å². The van der Waals surface area contributed by atoms with Crippen LogP contribution in [0.5, 0.6) is 0 Å². The minimum Gasteiger partial charge on any atom is -0.366 e. The maximum Gasteiger partial charge on any atom is 0.248 e. The largest absolute Gasteiger partial charge is 0.366 e. The Bertz CT molecular complexity index is 587. The SMILES string of the molecule is C=CC(=O)N1CCC(C(=O)Nc2ccc(C(N)=O)cc2)CC1. The van der Waals surface area contributed by atoms with Crippen LogP contribution in [0.1, 0.15) is 23.2 Å². The Morgan fingerprint density at radius 1 is 1.18 bits per heavy atom. The molecule has 0 atom stereocenters. The molecule has 0 aliphatic carbocycles. The lowest BCUT2D eigenvalue weighted by molar-refractivity contribution is -0.130. The first-order valence-corrected chi connectivity index (χ1v) is 7.13. The highest BCUT2D eigenvalue weighted by atomic mass is 16.2. The third-order valence-electron chi connectivity index (χ3n) is 3.79. The molecule has 0 radical (unpaired) electrons. The van der Waals surface area contributed by atoms with E-state index in [0.717, 1.165) is 0 Å². The van der Waals surface area contributed by atoms with E-state index in [1.165, 1.54) is 6.08 Å². The Morgan fingerprint density at radius 3 is 2.27 bits per heavy atom. The van der Waals surface area contributed by atoms with Gasteiger partial charge >= 0.3 is 0 Å². The van der Waals surface area contributed by atoms with Gasteiger partial charge in [0.05, 0.1) is 0 Å². The summed E-state index contributed by atoms with van der Waals surface area (Å²) in [5, 5.41) is 2.82. The van der Waals surface area contributed by atoms with Gasteiger partial charge in [0, 0.05) is 30.3 Å². The van der Waals surface area contributed by atoms with Crippen LogP contribution in [0.2, 0.25) is 0 Å². The van der Waals surface area contributed by atoms with Gasteiger partial charge in [-0.05, 0) is 43.2 Å². The second-order valence-corrected chi connectivity index (χ2v) is 5.23. The molecule has 0 saturated carbocycles. The topological polar surface area (TPSA) is 92.5 Å². The molecule has 1 aromatic carbocycles. The van der Waals surface area contributed by atoms with E-state index < -0.39 is 5.91 Å². The fourth-order valence-electron chi connectivity index (χ4n) is 2.45. The van der Waals surface area contributed by atoms with Gasteiger partial charge in [-0.1, -0.05) is 6.58 Å². The van der Waals surface area contributed by atoms with Crippen molar-refractivity contribution in [2.24, 2.45) is 11.7 Å². The van der Waals surface area contributed by atoms with Gasteiger partial charge in [0.2, 0.25) is 17.7 Å². The minimum atomic E-state index is -0.503. The lowest BCUT2D eigenvalue weighted by Crippen LogP contribution is -2.40. The Morgan fingerprint density at radius 2 is 1.77 bits per heavy atom. The van der Waals surface area contributed by atoms with Gasteiger partial charge in [0.15, 0.2) is 0 Å². The van der Waals surface area contributed by atoms with Gasteiger partial charge < -0.3 is 16.0 Å². The summed E-state index contributed by atoms with van der Waals surface area (Å²) in [6.45, 7) is 4.58. The second-order valence-electron chi connectivity index (χ2n) is 5.23. The van der Waals surface area contributed by atoms with E-state index in [-0.39, 0.29) is 17.7 Å². The molecule has 1 aliphatic heterocycles. The van der Waals surface area contributed by atoms with E-state index in [1.807, 2.05) is 0 Å². The number of nitrogens with two attached hydrogens (primary N) is 1. The molecule has 116 valence electrons. The third-order valence-corrected chi connectivity index (χ3v) is 3.79. The lowest BCUT2D eigenvalue weighted by Gasteiger charge is -2.30. The summed E-state index contributed by atoms with van der Waals surface area (Å²) in [5.74, 6) is -0.791. The van der Waals surface area contributed by atoms with Crippen LogP contribution in [0.4, 0.5) is 5.69 Å². The molecule has 3 amide bonds. The number of hydrogen-bond acceptors (Lipinski definition) is 3. The van der Waals surface area contributed by atoms with E-state index in [1.54, 1.807) is 29.2 Å². The molecule has 3 N–H and O–H groups in total. The molecule has 2 rings (SSSR count). The van der Waals surface area contributed by atoms with Crippen LogP contribution in [-0.4, -0.2) is 35.7 Å². The minimum absolute atomic E-state index is 0.0717. The molecule has 1 fully saturated rings. The van der Waals surface area contributed by atoms with E-state index in [9.17, 15) is 14.4 Å². The zero-order valence-electron chi connectivity index (χ0n) is 12.2. The summed E-state index contributed by atoms with van der Waals surface area (Å²) in [7, 11) is 0. The fraction of sp³-hybridized carbons (Fsp3) is 0.312. The van der Waals surface area contributed by atoms with Crippen LogP contribution >= 0.6 is 0 Å². The molecular formula is C16H19N3O3. The van der Waals surface area contributed by atoms with Crippen LogP contribution in [0.15, 0.2) is 36.9 Å². The molecule has 0 bridgehead atoms. The smallest absolute Gasteiger partial charge is 0.248 e. The lowest BCUT2D eigenvalue weighted by atomic mass is 9.95. The van der Waals surface area contributed by atoms with Gasteiger partial charge in [-0.25, -0.2) is 0 Å². The molecular weight excluding hydrogens is 282 g/mol. The molecule has 1 heterocycles. The van der Waals surface area contributed by atoms with Crippen LogP contribution in [0, 0.1) is 5.92 Å². The van der Waals surface area contributed by atoms with Crippen molar-refractivity contribution in [3.63, 3.8) is 0 Å². The van der Waals surface area contributed by atoms with Gasteiger partial charge in [-0.3, -0.25) is 14.4 Å². The van der Waals surface area contributed by atoms with Gasteiger partial charge in [0.25, 0.3) is 0 Å². The summed E-state index contributed by atoms with van der Waals surface area (Å²) < 4.78 is 0. The molecule has 6 heteroatoms. The first-order chi connectivity index (χ1) is 10.5. The van der Waals surface area contributed by atoms with Crippen molar-refractivity contribution in [3.05, 3.63) is 42.5 Å². The Kier molecular flexibility index (Phi) is 4.93. The van der Waals surface area contributed by atoms with Crippen molar-refractivity contribution in [2.75, 3.05) is 18.4 Å². The average molecular weight is 301 g/mol. The van der Waals surface area contributed by atoms with Gasteiger partial charge in [-0.15, -0.1) is 0 Å². The zero-order chi connectivity index (χ0) is 16.1. The number of carbonyl (C=O) groups is 3. The Labute approximate surface area is 129 Å². The standard InChI is InChI=1S/C16H19N3O3/c1-2-14(20)19-9-7-12(8-10-19)16(22)18-13-5-3-11(4-6-13)15(17)21/h2-6,12H,1,7-10H2,(H2,17,21)(H,18,22). The van der Waals surface area contributed by atoms with E-state index in [2.05, 4.69) is 11.9 Å². The molecule has 1 saturated heterocycles. The molecule has 6 nitrogen and oxygen atoms in total. The number of carbonyl (C=O) groups excluding carboxylic acids is 3. The predicted octanol–water partition coefficient (Wildman–Crippen LogP) is 1.15. The second kappa shape index (κ2) is 6.89. The highest BCUT2D eigenvalue weighted by Crippen LogP contribution is 2.20. The molecule has 1 aliphatic rings. The first kappa shape index (κ1) is 15.8. The van der Waals surface area contributed by atoms with Crippen LogP contribution < -0.4 is 11.1 Å². The number of benzene rings is 1. The van der Waals surface area contributed by atoms with E-state index >= 15 is 0 Å². The van der Waals surface area contributed by atoms with Crippen LogP contribution in [-0.2, 0) is 9.59 Å². The number of nitrogens with zero attached hydrogens (tertiary/aromatic N) is 1. The van der Waals surface area contributed by atoms with Crippen molar-refractivity contribution in [2.45, 2.75) is 12.8 Å². The summed E-state index contributed by atoms with van der Waals surface area (Å²) in [6, 6.07) is 6.44. The van der Waals surface area contributed by atoms with E-state index in [4.69, 9.17) is 5.73 Å². The monoisotopic (exact) mass is 301 g/mol. The van der Waals surface area contributed by atoms with Crippen LogP contribution in [0.25, 0.3) is 0 Å². The van der Waals surface area contributed by atoms with Crippen molar-refractivity contribution < 1.29 is 14.4 Å². The number of anilines is 1. The maximum atomic E-state index is 12.2. The highest BCUT2D eigenvalue weighted by Gasteiger charge is 2.26. The number of primary amides is 1. The number of hydrogen-bond donors (Lipinski definition) is 2. The fourth-order valence-corrected chi connectivity index (χ4v) is 2.45. The average Bonchev–Trinajstić information content (AvgIpc) is 2.54. The highest BCUT2D eigenvalue weighted by molar-refractivity contribution is 5.95. The van der Waals surface area contributed by atoms with Crippen LogP contribution in [0.3, 0.4) is 0 Å². The number of nitrogens with one attached hydrogen (secondary N) is 1. The van der Waals surface area contributed by atoms with E-state index in [0.29, 0.717) is 37.2 Å². The predicted molar refractivity (Wildman–Crippen MR) is 83.1 cm³/mol. The molecule has 0 spiro atoms. The normalized spacial score (nSPS) is 15.2. The maximum absolute atomic E-state index is 12.2. The number of piperidine rings is 1. The molecule has 0 unspecified atom stereocenters. The molecule has 22 heavy (non-hydrogen) atoms. The summed E-state index contributed by atoms with van der Waals surface area (Å²) >= 11 is 0. The third kappa shape index (κ3) is 3.72. The Hall–Kier alpha value is -2.63. The quantitative estimate of drug-likeness (QED) is 0.817. The summed E-state index contributed by atoms with van der Waals surface area (Å²) in [4.78, 5) is 36.4. The Balaban J connectivity index is 1.89. The first-order valence-electron chi connectivity index (χ1n) is 7.13. The van der Waals surface area contributed by atoms with Crippen molar-refractivity contribution >= 4 is 23.4 Å². The summed E-state index contributed by atoms with van der Waals surface area (Å²) in [5.41, 5.74) is 6.19. The number of likely N-dealkylation sites (tertiary alicyclic amines) is 1. The van der Waals surface area contributed by atoms with Gasteiger partial charge in [-0.2, -0.15) is 0 Å². The van der Waals surface area contributed by atoms with Crippen molar-refractivity contribution in [1.82, 2.24) is 4.90 Å². The number of amides is 3. The van der Waals surface area contributed by atoms with Gasteiger partial charge in [0.1, 0.15) is 0 Å².